The third kappa shape index (κ3) is 4.63. The summed E-state index contributed by atoms with van der Waals surface area (Å²) >= 11 is 6.07. The zero-order chi connectivity index (χ0) is 20.4. The van der Waals surface area contributed by atoms with Crippen molar-refractivity contribution in [2.45, 2.75) is 37.5 Å². The van der Waals surface area contributed by atoms with Crippen molar-refractivity contribution in [3.63, 3.8) is 0 Å². The number of aryl methyl sites for hydroxylation is 2. The fourth-order valence-electron chi connectivity index (χ4n) is 2.68. The van der Waals surface area contributed by atoms with Crippen LogP contribution in [-0.2, 0) is 20.0 Å². The zero-order valence-electron chi connectivity index (χ0n) is 15.7. The Bertz CT molecular complexity index is 1050. The van der Waals surface area contributed by atoms with Crippen molar-refractivity contribution in [1.82, 2.24) is 4.31 Å². The maximum atomic E-state index is 12.8. The first-order valence-electron chi connectivity index (χ1n) is 8.42. The number of halogens is 1. The summed E-state index contributed by atoms with van der Waals surface area (Å²) in [7, 11) is -7.67. The highest BCUT2D eigenvalue weighted by Gasteiger charge is 2.25. The average Bonchev–Trinajstić information content (AvgIpc) is 2.56. The lowest BCUT2D eigenvalue weighted by molar-refractivity contribution is 0.445. The molecule has 0 saturated carbocycles. The molecule has 0 aliphatic rings. The number of anilines is 1. The van der Waals surface area contributed by atoms with E-state index in [4.69, 9.17) is 11.6 Å². The molecule has 2 rings (SSSR count). The van der Waals surface area contributed by atoms with E-state index in [1.54, 1.807) is 45.9 Å². The van der Waals surface area contributed by atoms with Crippen LogP contribution in [0.1, 0.15) is 25.0 Å². The van der Waals surface area contributed by atoms with Gasteiger partial charge in [0.15, 0.2) is 0 Å². The molecule has 0 aliphatic heterocycles. The highest BCUT2D eigenvalue weighted by Crippen LogP contribution is 2.28. The first kappa shape index (κ1) is 21.7. The van der Waals surface area contributed by atoms with E-state index in [0.29, 0.717) is 18.7 Å². The minimum atomic E-state index is -3.96. The van der Waals surface area contributed by atoms with E-state index in [-0.39, 0.29) is 20.5 Å². The highest BCUT2D eigenvalue weighted by atomic mass is 35.5. The maximum Gasteiger partial charge on any atom is 0.263 e. The standard InChI is InChI=1S/C18H23ClN2O4S2/c1-5-21(6-2)27(24,25)18-12-15(9-8-14(18)4)20-26(22,23)17-10-7-13(3)11-16(17)19/h7-12,20H,5-6H2,1-4H3. The van der Waals surface area contributed by atoms with Gasteiger partial charge in [0.2, 0.25) is 10.0 Å². The molecule has 2 aromatic carbocycles. The summed E-state index contributed by atoms with van der Waals surface area (Å²) < 4.78 is 54.7. The quantitative estimate of drug-likeness (QED) is 0.724. The monoisotopic (exact) mass is 430 g/mol. The predicted octanol–water partition coefficient (Wildman–Crippen LogP) is 3.79. The van der Waals surface area contributed by atoms with E-state index in [0.717, 1.165) is 5.56 Å². The number of nitrogens with one attached hydrogen (secondary N) is 1. The van der Waals surface area contributed by atoms with Crippen LogP contribution in [0.3, 0.4) is 0 Å². The molecule has 148 valence electrons. The van der Waals surface area contributed by atoms with Crippen LogP contribution >= 0.6 is 11.6 Å². The van der Waals surface area contributed by atoms with Crippen molar-refractivity contribution >= 4 is 37.3 Å². The first-order chi connectivity index (χ1) is 12.5. The van der Waals surface area contributed by atoms with Crippen molar-refractivity contribution in [3.8, 4) is 0 Å². The Kier molecular flexibility index (Phi) is 6.57. The van der Waals surface area contributed by atoms with Gasteiger partial charge in [-0.2, -0.15) is 4.31 Å². The van der Waals surface area contributed by atoms with Crippen molar-refractivity contribution in [3.05, 3.63) is 52.5 Å². The largest absolute Gasteiger partial charge is 0.280 e. The van der Waals surface area contributed by atoms with Crippen LogP contribution in [0, 0.1) is 13.8 Å². The van der Waals surface area contributed by atoms with Gasteiger partial charge in [0.05, 0.1) is 15.6 Å². The van der Waals surface area contributed by atoms with Crippen molar-refractivity contribution in [2.75, 3.05) is 17.8 Å². The van der Waals surface area contributed by atoms with E-state index >= 15 is 0 Å². The molecule has 2 aromatic rings. The predicted molar refractivity (Wildman–Crippen MR) is 108 cm³/mol. The van der Waals surface area contributed by atoms with Gasteiger partial charge in [0.25, 0.3) is 10.0 Å². The van der Waals surface area contributed by atoms with Crippen LogP contribution in [0.4, 0.5) is 5.69 Å². The molecule has 0 unspecified atom stereocenters. The number of nitrogens with zero attached hydrogens (tertiary/aromatic N) is 1. The fourth-order valence-corrected chi connectivity index (χ4v) is 6.04. The number of hydrogen-bond acceptors (Lipinski definition) is 4. The molecule has 27 heavy (non-hydrogen) atoms. The maximum absolute atomic E-state index is 12.8. The lowest BCUT2D eigenvalue weighted by atomic mass is 10.2. The van der Waals surface area contributed by atoms with E-state index in [1.807, 2.05) is 0 Å². The van der Waals surface area contributed by atoms with Gasteiger partial charge in [-0.15, -0.1) is 0 Å². The summed E-state index contributed by atoms with van der Waals surface area (Å²) in [5.74, 6) is 0. The van der Waals surface area contributed by atoms with E-state index < -0.39 is 20.0 Å². The van der Waals surface area contributed by atoms with E-state index in [9.17, 15) is 16.8 Å². The van der Waals surface area contributed by atoms with Crippen LogP contribution < -0.4 is 4.72 Å². The molecular formula is C18H23ClN2O4S2. The van der Waals surface area contributed by atoms with Crippen LogP contribution in [-0.4, -0.2) is 34.2 Å². The molecule has 0 atom stereocenters. The Hall–Kier alpha value is -1.61. The Morgan fingerprint density at radius 2 is 1.56 bits per heavy atom. The van der Waals surface area contributed by atoms with Gasteiger partial charge in [-0.05, 0) is 49.2 Å². The molecular weight excluding hydrogens is 408 g/mol. The second kappa shape index (κ2) is 8.18. The zero-order valence-corrected chi connectivity index (χ0v) is 18.0. The van der Waals surface area contributed by atoms with Crippen molar-refractivity contribution < 1.29 is 16.8 Å². The summed E-state index contributed by atoms with van der Waals surface area (Å²) in [5.41, 5.74) is 1.53. The number of rotatable bonds is 7. The molecule has 0 amide bonds. The van der Waals surface area contributed by atoms with Gasteiger partial charge in [-0.3, -0.25) is 4.72 Å². The fraction of sp³-hybridized carbons (Fsp3) is 0.333. The lowest BCUT2D eigenvalue weighted by Crippen LogP contribution is -2.31. The Balaban J connectivity index is 2.47. The normalized spacial score (nSPS) is 12.4. The molecule has 0 spiro atoms. The molecule has 0 bridgehead atoms. The molecule has 6 nitrogen and oxygen atoms in total. The van der Waals surface area contributed by atoms with Crippen LogP contribution in [0.15, 0.2) is 46.2 Å². The second-order valence-electron chi connectivity index (χ2n) is 6.11. The highest BCUT2D eigenvalue weighted by molar-refractivity contribution is 7.92. The Morgan fingerprint density at radius 3 is 2.11 bits per heavy atom. The molecule has 0 radical (unpaired) electrons. The van der Waals surface area contributed by atoms with E-state index in [1.165, 1.54) is 22.5 Å². The topological polar surface area (TPSA) is 83.6 Å². The Labute approximate surface area is 166 Å². The number of hydrogen-bond donors (Lipinski definition) is 1. The molecule has 1 N–H and O–H groups in total. The first-order valence-corrected chi connectivity index (χ1v) is 11.7. The SMILES string of the molecule is CCN(CC)S(=O)(=O)c1cc(NS(=O)(=O)c2ccc(C)cc2Cl)ccc1C. The van der Waals surface area contributed by atoms with Gasteiger partial charge in [-0.25, -0.2) is 16.8 Å². The van der Waals surface area contributed by atoms with Crippen LogP contribution in [0.25, 0.3) is 0 Å². The van der Waals surface area contributed by atoms with Gasteiger partial charge in [0.1, 0.15) is 4.90 Å². The Morgan fingerprint density at radius 1 is 0.926 bits per heavy atom. The van der Waals surface area contributed by atoms with E-state index in [2.05, 4.69) is 4.72 Å². The minimum absolute atomic E-state index is 0.0662. The summed E-state index contributed by atoms with van der Waals surface area (Å²) in [6, 6.07) is 9.05. The third-order valence-corrected chi connectivity index (χ3v) is 8.20. The molecule has 0 saturated heterocycles. The van der Waals surface area contributed by atoms with Crippen molar-refractivity contribution in [1.29, 1.82) is 0 Å². The van der Waals surface area contributed by atoms with Gasteiger partial charge < -0.3 is 0 Å². The minimum Gasteiger partial charge on any atom is -0.280 e. The third-order valence-electron chi connectivity index (χ3n) is 4.14. The molecule has 0 aliphatic carbocycles. The summed E-state index contributed by atoms with van der Waals surface area (Å²) in [6.07, 6.45) is 0. The number of benzene rings is 2. The van der Waals surface area contributed by atoms with Gasteiger partial charge in [0, 0.05) is 13.1 Å². The number of sulfonamides is 2. The lowest BCUT2D eigenvalue weighted by Gasteiger charge is -2.20. The summed E-state index contributed by atoms with van der Waals surface area (Å²) in [4.78, 5) is 0.00453. The average molecular weight is 431 g/mol. The molecule has 0 fully saturated rings. The van der Waals surface area contributed by atoms with Gasteiger partial charge in [-0.1, -0.05) is 37.6 Å². The molecule has 0 aromatic heterocycles. The molecule has 9 heteroatoms. The molecule has 0 heterocycles. The van der Waals surface area contributed by atoms with Gasteiger partial charge >= 0.3 is 0 Å². The van der Waals surface area contributed by atoms with Crippen LogP contribution in [0.2, 0.25) is 5.02 Å². The van der Waals surface area contributed by atoms with Crippen LogP contribution in [0.5, 0.6) is 0 Å². The van der Waals surface area contributed by atoms with Crippen molar-refractivity contribution in [2.24, 2.45) is 0 Å². The smallest absolute Gasteiger partial charge is 0.263 e. The summed E-state index contributed by atoms with van der Waals surface area (Å²) in [6.45, 7) is 7.64. The second-order valence-corrected chi connectivity index (χ2v) is 10.1. The summed E-state index contributed by atoms with van der Waals surface area (Å²) in [5, 5.41) is 0.102.